The monoisotopic (exact) mass is 319 g/mol. The van der Waals surface area contributed by atoms with Gasteiger partial charge in [0.1, 0.15) is 17.2 Å². The minimum atomic E-state index is -1.60. The fourth-order valence-electron chi connectivity index (χ4n) is 2.34. The van der Waals surface area contributed by atoms with Gasteiger partial charge in [-0.05, 0) is 35.4 Å². The first-order valence-electron chi connectivity index (χ1n) is 7.02. The van der Waals surface area contributed by atoms with Gasteiger partial charge in [0.25, 0.3) is 0 Å². The number of phenolic OH excluding ortho intramolecular Hbond substituents is 1. The summed E-state index contributed by atoms with van der Waals surface area (Å²) in [5.41, 5.74) is -0.551. The van der Waals surface area contributed by atoms with Crippen LogP contribution < -0.4 is 0 Å². The fraction of sp³-hybridized carbons (Fsp3) is 0.235. The zero-order valence-corrected chi connectivity index (χ0v) is 12.6. The Morgan fingerprint density at radius 3 is 2.22 bits per heavy atom. The van der Waals surface area contributed by atoms with Crippen LogP contribution in [0.25, 0.3) is 0 Å². The Hall–Kier alpha value is -2.44. The maximum atomic E-state index is 13.0. The normalized spacial score (nSPS) is 13.4. The number of nitrogens with zero attached hydrogens (tertiary/aromatic N) is 1. The molecule has 0 spiro atoms. The van der Waals surface area contributed by atoms with Gasteiger partial charge in [-0.25, -0.2) is 9.45 Å². The number of aromatic hydroxyl groups is 1. The number of hydrogen-bond acceptors (Lipinski definition) is 4. The van der Waals surface area contributed by atoms with Crippen LogP contribution in [0.4, 0.5) is 4.39 Å². The molecule has 2 rings (SSSR count). The summed E-state index contributed by atoms with van der Waals surface area (Å²) in [6.45, 7) is 0. The number of carbonyl (C=O) groups excluding carboxylic acids is 1. The van der Waals surface area contributed by atoms with Gasteiger partial charge in [0.05, 0.1) is 6.42 Å². The molecule has 1 unspecified atom stereocenters. The van der Waals surface area contributed by atoms with Crippen molar-refractivity contribution < 1.29 is 24.6 Å². The van der Waals surface area contributed by atoms with Crippen LogP contribution in [-0.4, -0.2) is 33.4 Å². The summed E-state index contributed by atoms with van der Waals surface area (Å²) < 4.78 is 13.0. The Morgan fingerprint density at radius 2 is 1.70 bits per heavy atom. The molecular weight excluding hydrogens is 301 g/mol. The van der Waals surface area contributed by atoms with Crippen LogP contribution in [0.1, 0.15) is 17.5 Å². The zero-order valence-electron chi connectivity index (χ0n) is 12.6. The Kier molecular flexibility index (Phi) is 4.98. The molecule has 2 aromatic rings. The third kappa shape index (κ3) is 4.28. The maximum absolute atomic E-state index is 13.0. The smallest absolute Gasteiger partial charge is 0.248 e. The van der Waals surface area contributed by atoms with Crippen molar-refractivity contribution in [2.75, 3.05) is 7.05 Å². The molecule has 0 saturated heterocycles. The Bertz CT molecular complexity index is 670. The van der Waals surface area contributed by atoms with E-state index in [1.54, 1.807) is 0 Å². The average Bonchev–Trinajstić information content (AvgIpc) is 2.50. The molecule has 122 valence electrons. The first-order chi connectivity index (χ1) is 10.8. The molecule has 0 aromatic heterocycles. The number of hydroxylamine groups is 2. The molecule has 0 aliphatic heterocycles. The van der Waals surface area contributed by atoms with E-state index >= 15 is 0 Å². The van der Waals surface area contributed by atoms with E-state index in [4.69, 9.17) is 0 Å². The van der Waals surface area contributed by atoms with Gasteiger partial charge >= 0.3 is 0 Å². The Balaban J connectivity index is 2.35. The van der Waals surface area contributed by atoms with Crippen molar-refractivity contribution >= 4 is 5.91 Å². The van der Waals surface area contributed by atoms with E-state index in [-0.39, 0.29) is 18.6 Å². The second-order valence-electron chi connectivity index (χ2n) is 5.48. The number of rotatable bonds is 5. The molecule has 1 atom stereocenters. The number of phenols is 1. The SMILES string of the molecule is CN(O)C(=O)CC(O)(Cc1ccc(F)cc1)c1ccc(O)cc1. The first-order valence-corrected chi connectivity index (χ1v) is 7.02. The van der Waals surface area contributed by atoms with Gasteiger partial charge in [-0.3, -0.25) is 10.0 Å². The van der Waals surface area contributed by atoms with Crippen molar-refractivity contribution in [2.24, 2.45) is 0 Å². The van der Waals surface area contributed by atoms with Gasteiger partial charge in [0.2, 0.25) is 5.91 Å². The summed E-state index contributed by atoms with van der Waals surface area (Å²) in [4.78, 5) is 11.8. The summed E-state index contributed by atoms with van der Waals surface area (Å²) in [5.74, 6) is -1.03. The minimum Gasteiger partial charge on any atom is -0.508 e. The van der Waals surface area contributed by atoms with E-state index in [1.807, 2.05) is 0 Å². The lowest BCUT2D eigenvalue weighted by atomic mass is 9.84. The van der Waals surface area contributed by atoms with Crippen molar-refractivity contribution in [1.29, 1.82) is 0 Å². The van der Waals surface area contributed by atoms with E-state index in [0.717, 1.165) is 0 Å². The molecule has 5 nitrogen and oxygen atoms in total. The number of benzene rings is 2. The number of carbonyl (C=O) groups is 1. The quantitative estimate of drug-likeness (QED) is 0.583. The summed E-state index contributed by atoms with van der Waals surface area (Å²) in [6, 6.07) is 11.4. The van der Waals surface area contributed by atoms with Crippen molar-refractivity contribution in [3.8, 4) is 5.75 Å². The van der Waals surface area contributed by atoms with Gasteiger partial charge in [-0.2, -0.15) is 0 Å². The van der Waals surface area contributed by atoms with E-state index in [0.29, 0.717) is 16.2 Å². The van der Waals surface area contributed by atoms with Gasteiger partial charge in [0, 0.05) is 13.5 Å². The topological polar surface area (TPSA) is 81.0 Å². The molecule has 0 heterocycles. The molecule has 0 saturated carbocycles. The highest BCUT2D eigenvalue weighted by molar-refractivity contribution is 5.76. The lowest BCUT2D eigenvalue weighted by Gasteiger charge is -2.29. The number of amides is 1. The molecule has 0 aliphatic rings. The molecule has 1 amide bonds. The number of halogens is 1. The molecule has 6 heteroatoms. The second kappa shape index (κ2) is 6.76. The Morgan fingerprint density at radius 1 is 1.13 bits per heavy atom. The average molecular weight is 319 g/mol. The van der Waals surface area contributed by atoms with Crippen molar-refractivity contribution in [3.63, 3.8) is 0 Å². The maximum Gasteiger partial charge on any atom is 0.248 e. The molecule has 0 fully saturated rings. The molecule has 23 heavy (non-hydrogen) atoms. The minimum absolute atomic E-state index is 0.0310. The fourth-order valence-corrected chi connectivity index (χ4v) is 2.34. The van der Waals surface area contributed by atoms with Crippen molar-refractivity contribution in [1.82, 2.24) is 5.06 Å². The molecular formula is C17H18FNO4. The number of hydrogen-bond donors (Lipinski definition) is 3. The zero-order chi connectivity index (χ0) is 17.0. The predicted molar refractivity (Wildman–Crippen MR) is 81.3 cm³/mol. The third-order valence-electron chi connectivity index (χ3n) is 3.62. The van der Waals surface area contributed by atoms with E-state index in [9.17, 15) is 24.6 Å². The highest BCUT2D eigenvalue weighted by Crippen LogP contribution is 2.31. The van der Waals surface area contributed by atoms with Crippen LogP contribution in [0.3, 0.4) is 0 Å². The highest BCUT2D eigenvalue weighted by atomic mass is 19.1. The van der Waals surface area contributed by atoms with Crippen LogP contribution >= 0.6 is 0 Å². The van der Waals surface area contributed by atoms with Crippen molar-refractivity contribution in [2.45, 2.75) is 18.4 Å². The van der Waals surface area contributed by atoms with Crippen LogP contribution in [0.2, 0.25) is 0 Å². The van der Waals surface area contributed by atoms with Crippen LogP contribution in [0.15, 0.2) is 48.5 Å². The molecule has 2 aromatic carbocycles. The summed E-state index contributed by atoms with van der Waals surface area (Å²) in [5, 5.41) is 30.0. The van der Waals surface area contributed by atoms with Gasteiger partial charge in [-0.15, -0.1) is 0 Å². The second-order valence-corrected chi connectivity index (χ2v) is 5.48. The van der Waals surface area contributed by atoms with Crippen LogP contribution in [0, 0.1) is 5.82 Å². The standard InChI is InChI=1S/C17H18FNO4/c1-19(23)16(21)11-17(22,13-4-8-15(20)9-5-13)10-12-2-6-14(18)7-3-12/h2-9,20,22-23H,10-11H2,1H3. The van der Waals surface area contributed by atoms with E-state index in [2.05, 4.69) is 0 Å². The van der Waals surface area contributed by atoms with E-state index in [1.165, 1.54) is 55.6 Å². The highest BCUT2D eigenvalue weighted by Gasteiger charge is 2.33. The molecule has 0 bridgehead atoms. The molecule has 0 aliphatic carbocycles. The lowest BCUT2D eigenvalue weighted by Crippen LogP contribution is -2.36. The summed E-state index contributed by atoms with van der Waals surface area (Å²) in [7, 11) is 1.18. The third-order valence-corrected chi connectivity index (χ3v) is 3.62. The van der Waals surface area contributed by atoms with Crippen molar-refractivity contribution in [3.05, 3.63) is 65.5 Å². The van der Waals surface area contributed by atoms with E-state index < -0.39 is 17.3 Å². The van der Waals surface area contributed by atoms with Crippen LogP contribution in [-0.2, 0) is 16.8 Å². The molecule has 0 radical (unpaired) electrons. The lowest BCUT2D eigenvalue weighted by molar-refractivity contribution is -0.165. The largest absolute Gasteiger partial charge is 0.508 e. The first kappa shape index (κ1) is 16.9. The van der Waals surface area contributed by atoms with Gasteiger partial charge in [-0.1, -0.05) is 24.3 Å². The van der Waals surface area contributed by atoms with Gasteiger partial charge < -0.3 is 10.2 Å². The predicted octanol–water partition coefficient (Wildman–Crippen LogP) is 2.20. The summed E-state index contributed by atoms with van der Waals surface area (Å²) >= 11 is 0. The van der Waals surface area contributed by atoms with Gasteiger partial charge in [0.15, 0.2) is 0 Å². The van der Waals surface area contributed by atoms with Crippen LogP contribution in [0.5, 0.6) is 5.75 Å². The Labute approximate surface area is 133 Å². The number of aliphatic hydroxyl groups is 1. The summed E-state index contributed by atoms with van der Waals surface area (Å²) in [6.07, 6.45) is -0.306. The molecule has 3 N–H and O–H groups in total.